The van der Waals surface area contributed by atoms with Gasteiger partial charge in [-0.2, -0.15) is 0 Å². The molecule has 1 aromatic carbocycles. The second-order valence-corrected chi connectivity index (χ2v) is 5.67. The fraction of sp³-hybridized carbons (Fsp3) is 0.625. The lowest BCUT2D eigenvalue weighted by molar-refractivity contribution is 0.268. The molecule has 1 rings (SSSR count). The minimum Gasteiger partial charge on any atom is -0.508 e. The van der Waals surface area contributed by atoms with Gasteiger partial charge in [0.2, 0.25) is 0 Å². The van der Waals surface area contributed by atoms with Gasteiger partial charge in [0, 0.05) is 17.6 Å². The number of hydrogen-bond acceptors (Lipinski definition) is 3. The topological polar surface area (TPSA) is 35.5 Å². The zero-order valence-corrected chi connectivity index (χ0v) is 12.9. The standard InChI is InChI=1S/C16H28N2O/c1-12(2)18(5)10-6-9-17-14(4)15-11-13(3)7-8-16(15)19/h7-8,11-12,14,17,19H,6,9-10H2,1-5H3. The van der Waals surface area contributed by atoms with Crippen molar-refractivity contribution in [3.05, 3.63) is 29.3 Å². The quantitative estimate of drug-likeness (QED) is 0.743. The Morgan fingerprint density at radius 2 is 1.95 bits per heavy atom. The highest BCUT2D eigenvalue weighted by atomic mass is 16.3. The van der Waals surface area contributed by atoms with Crippen LogP contribution in [0.3, 0.4) is 0 Å². The molecule has 1 aromatic rings. The van der Waals surface area contributed by atoms with Crippen molar-refractivity contribution in [3.8, 4) is 5.75 Å². The van der Waals surface area contributed by atoms with Crippen molar-refractivity contribution in [2.24, 2.45) is 0 Å². The van der Waals surface area contributed by atoms with E-state index in [4.69, 9.17) is 0 Å². The maximum Gasteiger partial charge on any atom is 0.120 e. The Balaban J connectivity index is 2.39. The first-order valence-corrected chi connectivity index (χ1v) is 7.15. The summed E-state index contributed by atoms with van der Waals surface area (Å²) in [5.74, 6) is 0.380. The highest BCUT2D eigenvalue weighted by Gasteiger charge is 2.10. The Bertz CT molecular complexity index is 390. The third kappa shape index (κ3) is 5.21. The molecule has 0 aliphatic heterocycles. The molecule has 2 N–H and O–H groups in total. The number of rotatable bonds is 7. The fourth-order valence-corrected chi connectivity index (χ4v) is 2.04. The van der Waals surface area contributed by atoms with Crippen LogP contribution < -0.4 is 5.32 Å². The van der Waals surface area contributed by atoms with E-state index in [-0.39, 0.29) is 6.04 Å². The minimum absolute atomic E-state index is 0.184. The third-order valence-corrected chi connectivity index (χ3v) is 3.67. The van der Waals surface area contributed by atoms with Crippen molar-refractivity contribution in [1.29, 1.82) is 0 Å². The van der Waals surface area contributed by atoms with Gasteiger partial charge in [-0.25, -0.2) is 0 Å². The Kier molecular flexibility index (Phi) is 6.32. The largest absolute Gasteiger partial charge is 0.508 e. The van der Waals surface area contributed by atoms with Gasteiger partial charge in [-0.1, -0.05) is 17.7 Å². The summed E-state index contributed by atoms with van der Waals surface area (Å²) < 4.78 is 0. The van der Waals surface area contributed by atoms with E-state index in [0.717, 1.165) is 25.1 Å². The van der Waals surface area contributed by atoms with Crippen LogP contribution in [0.4, 0.5) is 0 Å². The minimum atomic E-state index is 0.184. The number of hydrogen-bond donors (Lipinski definition) is 2. The zero-order valence-electron chi connectivity index (χ0n) is 12.9. The lowest BCUT2D eigenvalue weighted by atomic mass is 10.0. The van der Waals surface area contributed by atoms with E-state index in [2.05, 4.69) is 38.0 Å². The first-order chi connectivity index (χ1) is 8.91. The average molecular weight is 264 g/mol. The predicted molar refractivity (Wildman–Crippen MR) is 81.6 cm³/mol. The highest BCUT2D eigenvalue weighted by Crippen LogP contribution is 2.24. The van der Waals surface area contributed by atoms with Crippen molar-refractivity contribution < 1.29 is 5.11 Å². The zero-order chi connectivity index (χ0) is 14.4. The van der Waals surface area contributed by atoms with E-state index in [9.17, 15) is 5.11 Å². The number of phenolic OH excluding ortho intramolecular Hbond substituents is 1. The molecule has 0 bridgehead atoms. The molecule has 0 saturated heterocycles. The van der Waals surface area contributed by atoms with Gasteiger partial charge in [-0.3, -0.25) is 0 Å². The van der Waals surface area contributed by atoms with Crippen molar-refractivity contribution in [1.82, 2.24) is 10.2 Å². The normalized spacial score (nSPS) is 13.2. The summed E-state index contributed by atoms with van der Waals surface area (Å²) in [5.41, 5.74) is 2.17. The molecular formula is C16H28N2O. The van der Waals surface area contributed by atoms with Crippen LogP contribution in [-0.4, -0.2) is 36.2 Å². The van der Waals surface area contributed by atoms with Gasteiger partial charge in [0.1, 0.15) is 5.75 Å². The van der Waals surface area contributed by atoms with Gasteiger partial charge >= 0.3 is 0 Å². The van der Waals surface area contributed by atoms with Crippen LogP contribution in [0.25, 0.3) is 0 Å². The molecule has 0 saturated carbocycles. The predicted octanol–water partition coefficient (Wildman–Crippen LogP) is 3.08. The van der Waals surface area contributed by atoms with Gasteiger partial charge in [-0.15, -0.1) is 0 Å². The van der Waals surface area contributed by atoms with Crippen LogP contribution in [0.1, 0.15) is 44.4 Å². The molecule has 0 heterocycles. The summed E-state index contributed by atoms with van der Waals surface area (Å²) in [4.78, 5) is 2.34. The summed E-state index contributed by atoms with van der Waals surface area (Å²) >= 11 is 0. The second kappa shape index (κ2) is 7.51. The summed E-state index contributed by atoms with van der Waals surface area (Å²) in [6, 6.07) is 6.54. The molecule has 108 valence electrons. The second-order valence-electron chi connectivity index (χ2n) is 5.67. The van der Waals surface area contributed by atoms with Crippen LogP contribution in [-0.2, 0) is 0 Å². The molecule has 0 fully saturated rings. The van der Waals surface area contributed by atoms with Crippen LogP contribution in [0.15, 0.2) is 18.2 Å². The number of aromatic hydroxyl groups is 1. The number of nitrogens with zero attached hydrogens (tertiary/aromatic N) is 1. The molecule has 1 atom stereocenters. The van der Waals surface area contributed by atoms with Gasteiger partial charge in [0.05, 0.1) is 0 Å². The van der Waals surface area contributed by atoms with Crippen molar-refractivity contribution in [2.45, 2.75) is 46.2 Å². The van der Waals surface area contributed by atoms with E-state index in [1.54, 1.807) is 6.07 Å². The van der Waals surface area contributed by atoms with Gasteiger partial charge in [0.15, 0.2) is 0 Å². The van der Waals surface area contributed by atoms with E-state index in [1.807, 2.05) is 19.1 Å². The van der Waals surface area contributed by atoms with Crippen LogP contribution >= 0.6 is 0 Å². The molecule has 0 aliphatic rings. The Morgan fingerprint density at radius 1 is 1.26 bits per heavy atom. The summed E-state index contributed by atoms with van der Waals surface area (Å²) in [6.45, 7) is 10.6. The van der Waals surface area contributed by atoms with Crippen LogP contribution in [0, 0.1) is 6.92 Å². The number of benzene rings is 1. The Hall–Kier alpha value is -1.06. The molecule has 0 aromatic heterocycles. The van der Waals surface area contributed by atoms with Crippen LogP contribution in [0.2, 0.25) is 0 Å². The smallest absolute Gasteiger partial charge is 0.120 e. The maximum atomic E-state index is 9.87. The first kappa shape index (κ1) is 16.0. The third-order valence-electron chi connectivity index (χ3n) is 3.67. The van der Waals surface area contributed by atoms with E-state index < -0.39 is 0 Å². The Labute approximate surface area is 117 Å². The number of nitrogens with one attached hydrogen (secondary N) is 1. The summed E-state index contributed by atoms with van der Waals surface area (Å²) in [7, 11) is 2.15. The Morgan fingerprint density at radius 3 is 2.58 bits per heavy atom. The van der Waals surface area contributed by atoms with Gasteiger partial charge < -0.3 is 15.3 Å². The van der Waals surface area contributed by atoms with E-state index in [0.29, 0.717) is 11.8 Å². The molecular weight excluding hydrogens is 236 g/mol. The number of phenols is 1. The van der Waals surface area contributed by atoms with Crippen molar-refractivity contribution in [2.75, 3.05) is 20.1 Å². The summed E-state index contributed by atoms with van der Waals surface area (Å²) in [6.07, 6.45) is 1.12. The molecule has 1 unspecified atom stereocenters. The van der Waals surface area contributed by atoms with E-state index in [1.165, 1.54) is 5.56 Å². The molecule has 0 amide bonds. The molecule has 0 aliphatic carbocycles. The maximum absolute atomic E-state index is 9.87. The van der Waals surface area contributed by atoms with Gasteiger partial charge in [-0.05, 0) is 60.3 Å². The SMILES string of the molecule is Cc1ccc(O)c(C(C)NCCCN(C)C(C)C)c1. The fourth-order valence-electron chi connectivity index (χ4n) is 2.04. The van der Waals surface area contributed by atoms with Crippen molar-refractivity contribution >= 4 is 0 Å². The molecule has 19 heavy (non-hydrogen) atoms. The monoisotopic (exact) mass is 264 g/mol. The molecule has 0 spiro atoms. The lowest BCUT2D eigenvalue weighted by Gasteiger charge is -2.22. The average Bonchev–Trinajstić information content (AvgIpc) is 2.36. The number of aryl methyl sites for hydroxylation is 1. The van der Waals surface area contributed by atoms with Gasteiger partial charge in [0.25, 0.3) is 0 Å². The molecule has 3 heteroatoms. The molecule has 0 radical (unpaired) electrons. The lowest BCUT2D eigenvalue weighted by Crippen LogP contribution is -2.30. The van der Waals surface area contributed by atoms with Crippen LogP contribution in [0.5, 0.6) is 5.75 Å². The summed E-state index contributed by atoms with van der Waals surface area (Å²) in [5, 5.41) is 13.3. The first-order valence-electron chi connectivity index (χ1n) is 7.15. The highest BCUT2D eigenvalue weighted by molar-refractivity contribution is 5.37. The molecule has 3 nitrogen and oxygen atoms in total. The van der Waals surface area contributed by atoms with Crippen molar-refractivity contribution in [3.63, 3.8) is 0 Å². The van der Waals surface area contributed by atoms with E-state index >= 15 is 0 Å².